The molecule has 1 amide bonds. The van der Waals surface area contributed by atoms with Gasteiger partial charge in [-0.05, 0) is 13.3 Å². The number of carbonyl (C=O) groups excluding carboxylic acids is 2. The molecular weight excluding hydrogens is 268 g/mol. The number of morpholine rings is 1. The van der Waals surface area contributed by atoms with Crippen molar-refractivity contribution < 1.29 is 19.1 Å². The van der Waals surface area contributed by atoms with E-state index in [1.54, 1.807) is 6.92 Å². The lowest BCUT2D eigenvalue weighted by Crippen LogP contribution is -2.58. The summed E-state index contributed by atoms with van der Waals surface area (Å²) in [7, 11) is 1.28. The molecule has 1 aliphatic heterocycles. The summed E-state index contributed by atoms with van der Waals surface area (Å²) >= 11 is 4.99. The fourth-order valence-electron chi connectivity index (χ4n) is 1.93. The van der Waals surface area contributed by atoms with Crippen LogP contribution in [0.1, 0.15) is 20.3 Å². The highest BCUT2D eigenvalue weighted by molar-refractivity contribution is 7.80. The molecule has 0 saturated carbocycles. The number of ether oxygens (including phenoxy) is 2. The summed E-state index contributed by atoms with van der Waals surface area (Å²) in [4.78, 5) is 25.9. The Kier molecular flexibility index (Phi) is 5.25. The minimum atomic E-state index is -0.945. The van der Waals surface area contributed by atoms with Gasteiger partial charge < -0.3 is 20.1 Å². The quantitative estimate of drug-likeness (QED) is 0.583. The molecule has 2 unspecified atom stereocenters. The molecule has 0 radical (unpaired) electrons. The van der Waals surface area contributed by atoms with E-state index in [1.165, 1.54) is 12.0 Å². The van der Waals surface area contributed by atoms with E-state index < -0.39 is 17.4 Å². The molecular formula is C12H20N2O4S. The van der Waals surface area contributed by atoms with Crippen LogP contribution >= 0.6 is 12.2 Å². The first-order chi connectivity index (χ1) is 8.88. The topological polar surface area (TPSA) is 81.9 Å². The van der Waals surface area contributed by atoms with Crippen molar-refractivity contribution in [1.29, 1.82) is 0 Å². The fraction of sp³-hybridized carbons (Fsp3) is 0.750. The highest BCUT2D eigenvalue weighted by Crippen LogP contribution is 2.27. The van der Waals surface area contributed by atoms with Crippen molar-refractivity contribution in [3.8, 4) is 0 Å². The number of carbonyl (C=O) groups is 2. The lowest BCUT2D eigenvalue weighted by atomic mass is 9.85. The number of thiocarbonyl (C=S) groups is 1. The van der Waals surface area contributed by atoms with Gasteiger partial charge in [-0.15, -0.1) is 0 Å². The van der Waals surface area contributed by atoms with Gasteiger partial charge in [-0.25, -0.2) is 4.79 Å². The zero-order valence-electron chi connectivity index (χ0n) is 11.5. The van der Waals surface area contributed by atoms with Gasteiger partial charge in [0.05, 0.1) is 30.7 Å². The van der Waals surface area contributed by atoms with Crippen LogP contribution in [0.15, 0.2) is 0 Å². The predicted molar refractivity (Wildman–Crippen MR) is 73.5 cm³/mol. The maximum absolute atomic E-state index is 12.6. The van der Waals surface area contributed by atoms with Crippen molar-refractivity contribution >= 4 is 29.1 Å². The van der Waals surface area contributed by atoms with Gasteiger partial charge in [0.2, 0.25) is 5.91 Å². The zero-order chi connectivity index (χ0) is 14.6. The second-order valence-corrected chi connectivity index (χ2v) is 5.10. The van der Waals surface area contributed by atoms with Crippen molar-refractivity contribution in [2.75, 3.05) is 26.9 Å². The third kappa shape index (κ3) is 3.03. The number of hydrogen-bond donors (Lipinski definition) is 1. The van der Waals surface area contributed by atoms with Crippen LogP contribution in [0.2, 0.25) is 0 Å². The SMILES string of the molecule is CCC(C)(C(=O)N1CCOCC1C(=O)OC)C(N)=S. The second-order valence-electron chi connectivity index (χ2n) is 4.66. The summed E-state index contributed by atoms with van der Waals surface area (Å²) in [6, 6.07) is -0.730. The Hall–Kier alpha value is -1.21. The number of amides is 1. The van der Waals surface area contributed by atoms with Gasteiger partial charge in [0.25, 0.3) is 0 Å². The molecule has 6 nitrogen and oxygen atoms in total. The second kappa shape index (κ2) is 6.29. The molecule has 0 aromatic heterocycles. The summed E-state index contributed by atoms with van der Waals surface area (Å²) in [6.07, 6.45) is 0.479. The Morgan fingerprint density at radius 2 is 2.21 bits per heavy atom. The predicted octanol–water partition coefficient (Wildman–Crippen LogP) is 0.0892. The summed E-state index contributed by atoms with van der Waals surface area (Å²) in [5.41, 5.74) is 4.73. The normalized spacial score (nSPS) is 22.5. The Morgan fingerprint density at radius 1 is 1.58 bits per heavy atom. The maximum Gasteiger partial charge on any atom is 0.331 e. The van der Waals surface area contributed by atoms with E-state index in [2.05, 4.69) is 0 Å². The van der Waals surface area contributed by atoms with Crippen LogP contribution in [0.3, 0.4) is 0 Å². The summed E-state index contributed by atoms with van der Waals surface area (Å²) in [5, 5.41) is 0. The van der Waals surface area contributed by atoms with Crippen LogP contribution in [0, 0.1) is 5.41 Å². The number of methoxy groups -OCH3 is 1. The van der Waals surface area contributed by atoms with Crippen LogP contribution in [0.25, 0.3) is 0 Å². The van der Waals surface area contributed by atoms with Gasteiger partial charge in [0.15, 0.2) is 6.04 Å². The van der Waals surface area contributed by atoms with Gasteiger partial charge in [0, 0.05) is 6.54 Å². The molecule has 0 aromatic carbocycles. The number of nitrogens with zero attached hydrogens (tertiary/aromatic N) is 1. The molecule has 7 heteroatoms. The molecule has 1 aliphatic rings. The Bertz CT molecular complexity index is 388. The monoisotopic (exact) mass is 288 g/mol. The summed E-state index contributed by atoms with van der Waals surface area (Å²) in [6.45, 7) is 4.38. The summed E-state index contributed by atoms with van der Waals surface area (Å²) in [5.74, 6) is -0.740. The molecule has 0 bridgehead atoms. The van der Waals surface area contributed by atoms with Gasteiger partial charge in [-0.3, -0.25) is 4.79 Å². The molecule has 1 rings (SSSR count). The molecule has 2 N–H and O–H groups in total. The lowest BCUT2D eigenvalue weighted by Gasteiger charge is -2.39. The Balaban J connectivity index is 3.00. The number of rotatable bonds is 4. The van der Waals surface area contributed by atoms with E-state index in [0.29, 0.717) is 19.6 Å². The molecule has 108 valence electrons. The third-order valence-electron chi connectivity index (χ3n) is 3.59. The van der Waals surface area contributed by atoms with Gasteiger partial charge in [-0.1, -0.05) is 19.1 Å². The van der Waals surface area contributed by atoms with Crippen LogP contribution in [-0.2, 0) is 19.1 Å². The van der Waals surface area contributed by atoms with E-state index in [9.17, 15) is 9.59 Å². The molecule has 1 saturated heterocycles. The van der Waals surface area contributed by atoms with Crippen molar-refractivity contribution in [1.82, 2.24) is 4.90 Å². The highest BCUT2D eigenvalue weighted by Gasteiger charge is 2.43. The molecule has 0 aliphatic carbocycles. The zero-order valence-corrected chi connectivity index (χ0v) is 12.3. The first-order valence-electron chi connectivity index (χ1n) is 6.15. The molecule has 0 spiro atoms. The Labute approximate surface area is 118 Å². The van der Waals surface area contributed by atoms with Crippen molar-refractivity contribution in [2.24, 2.45) is 11.1 Å². The molecule has 19 heavy (non-hydrogen) atoms. The Morgan fingerprint density at radius 3 is 2.68 bits per heavy atom. The van der Waals surface area contributed by atoms with Crippen LogP contribution in [0.4, 0.5) is 0 Å². The standard InChI is InChI=1S/C12H20N2O4S/c1-4-12(2,10(13)19)11(16)14-5-6-18-7-8(14)9(15)17-3/h8H,4-7H2,1-3H3,(H2,13,19). The minimum absolute atomic E-state index is 0.134. The van der Waals surface area contributed by atoms with Gasteiger partial charge >= 0.3 is 5.97 Å². The van der Waals surface area contributed by atoms with Gasteiger partial charge in [0.1, 0.15) is 0 Å². The third-order valence-corrected chi connectivity index (χ3v) is 4.04. The molecule has 1 heterocycles. The average Bonchev–Trinajstić information content (AvgIpc) is 2.44. The average molecular weight is 288 g/mol. The molecule has 1 fully saturated rings. The van der Waals surface area contributed by atoms with Crippen molar-refractivity contribution in [3.63, 3.8) is 0 Å². The van der Waals surface area contributed by atoms with Gasteiger partial charge in [-0.2, -0.15) is 0 Å². The number of hydrogen-bond acceptors (Lipinski definition) is 5. The van der Waals surface area contributed by atoms with E-state index >= 15 is 0 Å². The smallest absolute Gasteiger partial charge is 0.331 e. The number of esters is 1. The van der Waals surface area contributed by atoms with Crippen LogP contribution < -0.4 is 5.73 Å². The number of nitrogens with two attached hydrogens (primary N) is 1. The first-order valence-corrected chi connectivity index (χ1v) is 6.55. The van der Waals surface area contributed by atoms with Crippen molar-refractivity contribution in [3.05, 3.63) is 0 Å². The fourth-order valence-corrected chi connectivity index (χ4v) is 2.16. The van der Waals surface area contributed by atoms with E-state index in [1.807, 2.05) is 6.92 Å². The van der Waals surface area contributed by atoms with Crippen molar-refractivity contribution in [2.45, 2.75) is 26.3 Å². The highest BCUT2D eigenvalue weighted by atomic mass is 32.1. The molecule has 2 atom stereocenters. The molecule has 0 aromatic rings. The lowest BCUT2D eigenvalue weighted by molar-refractivity contribution is -0.163. The van der Waals surface area contributed by atoms with Crippen LogP contribution in [0.5, 0.6) is 0 Å². The first kappa shape index (κ1) is 15.8. The largest absolute Gasteiger partial charge is 0.467 e. The van der Waals surface area contributed by atoms with E-state index in [0.717, 1.165) is 0 Å². The van der Waals surface area contributed by atoms with E-state index in [4.69, 9.17) is 27.4 Å². The van der Waals surface area contributed by atoms with E-state index in [-0.39, 0.29) is 17.5 Å². The maximum atomic E-state index is 12.6. The minimum Gasteiger partial charge on any atom is -0.467 e. The summed E-state index contributed by atoms with van der Waals surface area (Å²) < 4.78 is 9.93. The van der Waals surface area contributed by atoms with Crippen LogP contribution in [-0.4, -0.2) is 54.7 Å².